The molecule has 0 bridgehead atoms. The Morgan fingerprint density at radius 3 is 2.36 bits per heavy atom. The van der Waals surface area contributed by atoms with Crippen LogP contribution >= 0.6 is 0 Å². The van der Waals surface area contributed by atoms with Crippen LogP contribution in [0, 0.1) is 0 Å². The molecule has 1 heteroatoms. The molecule has 22 heavy (non-hydrogen) atoms. The summed E-state index contributed by atoms with van der Waals surface area (Å²) in [5.74, 6) is 0. The highest BCUT2D eigenvalue weighted by Gasteiger charge is 2.17. The minimum absolute atomic E-state index is 0.219. The van der Waals surface area contributed by atoms with Gasteiger partial charge in [0.15, 0.2) is 0 Å². The Morgan fingerprint density at radius 2 is 1.77 bits per heavy atom. The summed E-state index contributed by atoms with van der Waals surface area (Å²) >= 11 is 0. The normalized spacial score (nSPS) is 13.3. The second kappa shape index (κ2) is 7.97. The summed E-state index contributed by atoms with van der Waals surface area (Å²) in [6.07, 6.45) is 8.15. The Labute approximate surface area is 138 Å². The molecule has 0 aliphatic heterocycles. The molecule has 0 aliphatic carbocycles. The van der Waals surface area contributed by atoms with E-state index in [1.807, 2.05) is 0 Å². The molecule has 0 aromatic heterocycles. The number of allylic oxidation sites excluding steroid dienone is 1. The molecular formula is C21H35N. The average Bonchev–Trinajstić information content (AvgIpc) is 2.36. The minimum Gasteiger partial charge on any atom is -0.310 e. The molecule has 1 aromatic carbocycles. The van der Waals surface area contributed by atoms with Crippen molar-refractivity contribution in [1.29, 1.82) is 0 Å². The van der Waals surface area contributed by atoms with Crippen LogP contribution in [0.2, 0.25) is 0 Å². The number of hydrogen-bond donors (Lipinski definition) is 1. The number of nitrogens with one attached hydrogen (secondary N) is 1. The first kappa shape index (κ1) is 19.0. The first-order valence-electron chi connectivity index (χ1n) is 8.65. The van der Waals surface area contributed by atoms with Crippen molar-refractivity contribution < 1.29 is 0 Å². The van der Waals surface area contributed by atoms with E-state index in [1.54, 1.807) is 0 Å². The third-order valence-electron chi connectivity index (χ3n) is 3.91. The lowest BCUT2D eigenvalue weighted by atomic mass is 9.86. The van der Waals surface area contributed by atoms with E-state index in [2.05, 4.69) is 90.2 Å². The van der Waals surface area contributed by atoms with Gasteiger partial charge in [0.05, 0.1) is 0 Å². The van der Waals surface area contributed by atoms with Gasteiger partial charge in [-0.1, -0.05) is 71.0 Å². The summed E-state index contributed by atoms with van der Waals surface area (Å²) in [6.45, 7) is 15.8. The molecule has 0 aliphatic rings. The lowest BCUT2D eigenvalue weighted by molar-refractivity contribution is 0.326. The Bertz CT molecular complexity index is 475. The zero-order valence-electron chi connectivity index (χ0n) is 15.7. The third-order valence-corrected chi connectivity index (χ3v) is 3.91. The molecule has 1 aromatic rings. The van der Waals surface area contributed by atoms with Crippen molar-refractivity contribution >= 4 is 6.08 Å². The van der Waals surface area contributed by atoms with Gasteiger partial charge in [-0.15, -0.1) is 0 Å². The molecule has 0 heterocycles. The van der Waals surface area contributed by atoms with Gasteiger partial charge in [0.2, 0.25) is 0 Å². The second-order valence-corrected chi connectivity index (χ2v) is 8.35. The quantitative estimate of drug-likeness (QED) is 0.614. The van der Waals surface area contributed by atoms with Crippen molar-refractivity contribution in [1.82, 2.24) is 5.32 Å². The van der Waals surface area contributed by atoms with Crippen LogP contribution in [-0.4, -0.2) is 11.6 Å². The van der Waals surface area contributed by atoms with Crippen molar-refractivity contribution in [2.24, 2.45) is 0 Å². The fraction of sp³-hybridized carbons (Fsp3) is 0.619. The standard InChI is InChI=1S/C21H35N/c1-17(2)22-21(6,7)15-10-8-9-12-18-13-11-14-19(16-18)20(3,4)5/h9,11-14,16-17,22H,8,10,15H2,1-7H3/b12-9+. The Morgan fingerprint density at radius 1 is 1.09 bits per heavy atom. The van der Waals surface area contributed by atoms with E-state index in [-0.39, 0.29) is 11.0 Å². The van der Waals surface area contributed by atoms with Gasteiger partial charge in [-0.3, -0.25) is 0 Å². The van der Waals surface area contributed by atoms with Gasteiger partial charge >= 0.3 is 0 Å². The van der Waals surface area contributed by atoms with Crippen LogP contribution in [0.3, 0.4) is 0 Å². The first-order chi connectivity index (χ1) is 10.1. The number of unbranched alkanes of at least 4 members (excludes halogenated alkanes) is 1. The molecule has 0 saturated heterocycles. The summed E-state index contributed by atoms with van der Waals surface area (Å²) in [5, 5.41) is 3.63. The van der Waals surface area contributed by atoms with Crippen LogP contribution in [0.4, 0.5) is 0 Å². The fourth-order valence-electron chi connectivity index (χ4n) is 2.84. The Balaban J connectivity index is 2.47. The van der Waals surface area contributed by atoms with Gasteiger partial charge in [0.1, 0.15) is 0 Å². The topological polar surface area (TPSA) is 12.0 Å². The summed E-state index contributed by atoms with van der Waals surface area (Å²) < 4.78 is 0. The monoisotopic (exact) mass is 301 g/mol. The van der Waals surface area contributed by atoms with Gasteiger partial charge in [0, 0.05) is 11.6 Å². The predicted molar refractivity (Wildman–Crippen MR) is 100 cm³/mol. The van der Waals surface area contributed by atoms with Gasteiger partial charge < -0.3 is 5.32 Å². The maximum absolute atomic E-state index is 3.63. The molecule has 0 saturated carbocycles. The predicted octanol–water partition coefficient (Wildman–Crippen LogP) is 5.94. The van der Waals surface area contributed by atoms with Crippen molar-refractivity contribution in [2.45, 2.75) is 84.7 Å². The van der Waals surface area contributed by atoms with E-state index < -0.39 is 0 Å². The van der Waals surface area contributed by atoms with E-state index in [9.17, 15) is 0 Å². The van der Waals surface area contributed by atoms with E-state index in [4.69, 9.17) is 0 Å². The summed E-state index contributed by atoms with van der Waals surface area (Å²) in [7, 11) is 0. The SMILES string of the molecule is CC(C)NC(C)(C)CCC/C=C/c1cccc(C(C)(C)C)c1. The maximum atomic E-state index is 3.63. The molecule has 124 valence electrons. The highest BCUT2D eigenvalue weighted by Crippen LogP contribution is 2.23. The lowest BCUT2D eigenvalue weighted by Gasteiger charge is -2.28. The van der Waals surface area contributed by atoms with Crippen molar-refractivity contribution in [3.63, 3.8) is 0 Å². The van der Waals surface area contributed by atoms with Crippen LogP contribution in [0.1, 0.15) is 78.9 Å². The van der Waals surface area contributed by atoms with Gasteiger partial charge in [-0.2, -0.15) is 0 Å². The van der Waals surface area contributed by atoms with E-state index >= 15 is 0 Å². The largest absolute Gasteiger partial charge is 0.310 e. The molecule has 0 radical (unpaired) electrons. The maximum Gasteiger partial charge on any atom is 0.0127 e. The van der Waals surface area contributed by atoms with E-state index in [1.165, 1.54) is 24.0 Å². The summed E-state index contributed by atoms with van der Waals surface area (Å²) in [6, 6.07) is 9.43. The Hall–Kier alpha value is -1.08. The van der Waals surface area contributed by atoms with E-state index in [0.29, 0.717) is 6.04 Å². The van der Waals surface area contributed by atoms with Gasteiger partial charge in [0.25, 0.3) is 0 Å². The fourth-order valence-corrected chi connectivity index (χ4v) is 2.84. The smallest absolute Gasteiger partial charge is 0.0127 e. The van der Waals surface area contributed by atoms with Crippen LogP contribution in [0.15, 0.2) is 30.3 Å². The average molecular weight is 302 g/mol. The van der Waals surface area contributed by atoms with Crippen LogP contribution in [0.25, 0.3) is 6.08 Å². The molecule has 0 atom stereocenters. The highest BCUT2D eigenvalue weighted by molar-refractivity contribution is 5.51. The highest BCUT2D eigenvalue weighted by atomic mass is 15.0. The number of hydrogen-bond acceptors (Lipinski definition) is 1. The lowest BCUT2D eigenvalue weighted by Crippen LogP contribution is -2.43. The summed E-state index contributed by atoms with van der Waals surface area (Å²) in [4.78, 5) is 0. The minimum atomic E-state index is 0.219. The third kappa shape index (κ3) is 7.26. The van der Waals surface area contributed by atoms with Gasteiger partial charge in [-0.05, 0) is 49.7 Å². The summed E-state index contributed by atoms with van der Waals surface area (Å²) in [5.41, 5.74) is 3.16. The Kier molecular flexibility index (Phi) is 6.87. The number of rotatable bonds is 7. The molecule has 1 rings (SSSR count). The number of benzene rings is 1. The van der Waals surface area contributed by atoms with Crippen molar-refractivity contribution in [3.8, 4) is 0 Å². The van der Waals surface area contributed by atoms with E-state index in [0.717, 1.165) is 6.42 Å². The van der Waals surface area contributed by atoms with Crippen molar-refractivity contribution in [2.75, 3.05) is 0 Å². The molecular weight excluding hydrogens is 266 g/mol. The molecule has 0 unspecified atom stereocenters. The molecule has 0 fully saturated rings. The van der Waals surface area contributed by atoms with Crippen LogP contribution in [-0.2, 0) is 5.41 Å². The molecule has 0 spiro atoms. The second-order valence-electron chi connectivity index (χ2n) is 8.35. The zero-order valence-corrected chi connectivity index (χ0v) is 15.7. The van der Waals surface area contributed by atoms with Crippen LogP contribution in [0.5, 0.6) is 0 Å². The van der Waals surface area contributed by atoms with Crippen LogP contribution < -0.4 is 5.32 Å². The molecule has 1 nitrogen and oxygen atoms in total. The zero-order chi connectivity index (χ0) is 16.8. The van der Waals surface area contributed by atoms with Crippen molar-refractivity contribution in [3.05, 3.63) is 41.5 Å². The molecule has 0 amide bonds. The molecule has 1 N–H and O–H groups in total. The van der Waals surface area contributed by atoms with Gasteiger partial charge in [-0.25, -0.2) is 0 Å². The first-order valence-corrected chi connectivity index (χ1v) is 8.65.